The topological polar surface area (TPSA) is 85.4 Å². The van der Waals surface area contributed by atoms with E-state index < -0.39 is 4.92 Å². The van der Waals surface area contributed by atoms with E-state index in [-0.39, 0.29) is 17.6 Å². The third-order valence-corrected chi connectivity index (χ3v) is 2.87. The van der Waals surface area contributed by atoms with E-state index in [1.54, 1.807) is 0 Å². The van der Waals surface area contributed by atoms with Crippen LogP contribution in [-0.4, -0.2) is 15.2 Å². The Morgan fingerprint density at radius 1 is 1.56 bits per heavy atom. The van der Waals surface area contributed by atoms with Gasteiger partial charge in [0.25, 0.3) is 5.91 Å². The monoisotopic (exact) mass is 256 g/mol. The van der Waals surface area contributed by atoms with E-state index in [1.165, 1.54) is 18.2 Å². The Hall–Kier alpha value is -1.67. The lowest BCUT2D eigenvalue weighted by Crippen LogP contribution is -2.17. The molecule has 0 spiro atoms. The molecule has 2 rings (SSSR count). The van der Waals surface area contributed by atoms with Crippen molar-refractivity contribution in [1.29, 1.82) is 0 Å². The summed E-state index contributed by atoms with van der Waals surface area (Å²) in [6, 6.07) is 2.64. The number of nitro groups is 1. The first-order valence-electron chi connectivity index (χ1n) is 4.05. The number of hydrogen-bond acceptors (Lipinski definition) is 6. The molecule has 0 aromatic carbocycles. The van der Waals surface area contributed by atoms with Crippen molar-refractivity contribution in [3.05, 3.63) is 32.9 Å². The maximum absolute atomic E-state index is 11.3. The van der Waals surface area contributed by atoms with Crippen molar-refractivity contribution in [3.63, 3.8) is 0 Å². The predicted octanol–water partition coefficient (Wildman–Crippen LogP) is 1.68. The van der Waals surface area contributed by atoms with Gasteiger partial charge in [-0.1, -0.05) is 24.0 Å². The van der Waals surface area contributed by atoms with Gasteiger partial charge in [0.15, 0.2) is 0 Å². The van der Waals surface area contributed by atoms with Crippen molar-refractivity contribution in [1.82, 2.24) is 5.32 Å². The Bertz CT molecular complexity index is 520. The van der Waals surface area contributed by atoms with Gasteiger partial charge in [0, 0.05) is 6.08 Å². The zero-order valence-corrected chi connectivity index (χ0v) is 9.26. The molecule has 1 aliphatic rings. The highest BCUT2D eigenvalue weighted by Gasteiger charge is 2.23. The second-order valence-electron chi connectivity index (χ2n) is 2.79. The zero-order chi connectivity index (χ0) is 11.7. The summed E-state index contributed by atoms with van der Waals surface area (Å²) in [5.74, 6) is -0.444. The molecule has 0 aliphatic carbocycles. The molecule has 1 saturated heterocycles. The van der Waals surface area contributed by atoms with Gasteiger partial charge in [-0.05, 0) is 6.07 Å². The Morgan fingerprint density at radius 3 is 2.81 bits per heavy atom. The fourth-order valence-corrected chi connectivity index (χ4v) is 2.09. The quantitative estimate of drug-likeness (QED) is 0.375. The molecule has 1 aliphatic heterocycles. The summed E-state index contributed by atoms with van der Waals surface area (Å²) < 4.78 is 5.24. The lowest BCUT2D eigenvalue weighted by molar-refractivity contribution is -0.402. The van der Waals surface area contributed by atoms with Crippen LogP contribution in [0.25, 0.3) is 6.08 Å². The second-order valence-corrected chi connectivity index (χ2v) is 4.50. The summed E-state index contributed by atoms with van der Waals surface area (Å²) in [5, 5.41) is 12.8. The average Bonchev–Trinajstić information content (AvgIpc) is 2.75. The normalized spacial score (nSPS) is 17.9. The highest BCUT2D eigenvalue weighted by molar-refractivity contribution is 8.26. The van der Waals surface area contributed by atoms with Crippen LogP contribution in [-0.2, 0) is 4.79 Å². The van der Waals surface area contributed by atoms with Crippen LogP contribution in [0, 0.1) is 10.1 Å². The number of carbonyl (C=O) groups excluding carboxylic acids is 1. The third kappa shape index (κ3) is 2.12. The van der Waals surface area contributed by atoms with Crippen molar-refractivity contribution < 1.29 is 14.1 Å². The number of nitrogens with one attached hydrogen (secondary N) is 1. The van der Waals surface area contributed by atoms with E-state index >= 15 is 0 Å². The van der Waals surface area contributed by atoms with Gasteiger partial charge in [-0.3, -0.25) is 14.9 Å². The summed E-state index contributed by atoms with van der Waals surface area (Å²) in [6.45, 7) is 0. The zero-order valence-electron chi connectivity index (χ0n) is 7.63. The molecular weight excluding hydrogens is 252 g/mol. The van der Waals surface area contributed by atoms with Gasteiger partial charge >= 0.3 is 5.88 Å². The van der Waals surface area contributed by atoms with Crippen molar-refractivity contribution in [3.8, 4) is 0 Å². The number of hydrogen-bond donors (Lipinski definition) is 1. The molecule has 16 heavy (non-hydrogen) atoms. The van der Waals surface area contributed by atoms with Gasteiger partial charge in [-0.15, -0.1) is 0 Å². The second kappa shape index (κ2) is 4.06. The maximum Gasteiger partial charge on any atom is 0.433 e. The molecule has 82 valence electrons. The molecule has 1 N–H and O–H groups in total. The van der Waals surface area contributed by atoms with Crippen molar-refractivity contribution in [2.24, 2.45) is 0 Å². The van der Waals surface area contributed by atoms with Crippen LogP contribution in [0.5, 0.6) is 0 Å². The van der Waals surface area contributed by atoms with Gasteiger partial charge in [-0.25, -0.2) is 0 Å². The number of amides is 1. The van der Waals surface area contributed by atoms with E-state index in [2.05, 4.69) is 5.32 Å². The summed E-state index contributed by atoms with van der Waals surface area (Å²) in [6.07, 6.45) is 1.41. The Labute approximate surface area is 98.8 Å². The summed E-state index contributed by atoms with van der Waals surface area (Å²) in [7, 11) is 0. The van der Waals surface area contributed by atoms with Gasteiger partial charge < -0.3 is 9.73 Å². The maximum atomic E-state index is 11.3. The van der Waals surface area contributed by atoms with Crippen LogP contribution in [0.1, 0.15) is 5.76 Å². The molecule has 0 saturated carbocycles. The van der Waals surface area contributed by atoms with Crippen LogP contribution < -0.4 is 5.32 Å². The molecular formula is C8H4N2O4S2. The average molecular weight is 256 g/mol. The molecule has 0 radical (unpaired) electrons. The highest BCUT2D eigenvalue weighted by atomic mass is 32.2. The van der Waals surface area contributed by atoms with Crippen LogP contribution in [0.15, 0.2) is 21.5 Å². The minimum absolute atomic E-state index is 0.244. The minimum Gasteiger partial charge on any atom is -0.401 e. The summed E-state index contributed by atoms with van der Waals surface area (Å²) in [5.41, 5.74) is 0. The molecule has 8 heteroatoms. The molecule has 1 aromatic heterocycles. The van der Waals surface area contributed by atoms with Gasteiger partial charge in [-0.2, -0.15) is 0 Å². The first-order valence-corrected chi connectivity index (χ1v) is 5.28. The fraction of sp³-hybridized carbons (Fsp3) is 0. The minimum atomic E-state index is -0.644. The first-order chi connectivity index (χ1) is 7.56. The first kappa shape index (κ1) is 10.8. The Morgan fingerprint density at radius 2 is 2.31 bits per heavy atom. The van der Waals surface area contributed by atoms with Gasteiger partial charge in [0.1, 0.15) is 15.0 Å². The SMILES string of the molecule is O=C1NC(=S)S/C1=C\c1ccc([N+](=O)[O-])o1. The fourth-order valence-electron chi connectivity index (χ4n) is 1.07. The number of carbonyl (C=O) groups is 1. The Balaban J connectivity index is 2.26. The van der Waals surface area contributed by atoms with Crippen LogP contribution >= 0.6 is 24.0 Å². The number of thiocarbonyl (C=S) groups is 1. The van der Waals surface area contributed by atoms with E-state index in [4.69, 9.17) is 16.6 Å². The molecule has 0 bridgehead atoms. The molecule has 1 aromatic rings. The van der Waals surface area contributed by atoms with E-state index in [0.717, 1.165) is 11.8 Å². The van der Waals surface area contributed by atoms with E-state index in [0.29, 0.717) is 9.23 Å². The summed E-state index contributed by atoms with van der Waals surface area (Å²) in [4.78, 5) is 21.3. The number of thioether (sulfide) groups is 1. The lowest BCUT2D eigenvalue weighted by Gasteiger charge is -1.88. The highest BCUT2D eigenvalue weighted by Crippen LogP contribution is 2.27. The lowest BCUT2D eigenvalue weighted by atomic mass is 10.4. The summed E-state index contributed by atoms with van der Waals surface area (Å²) >= 11 is 5.88. The molecule has 6 nitrogen and oxygen atoms in total. The Kier molecular flexibility index (Phi) is 2.75. The molecule has 1 fully saturated rings. The largest absolute Gasteiger partial charge is 0.433 e. The van der Waals surface area contributed by atoms with Gasteiger partial charge in [0.05, 0.1) is 11.0 Å². The van der Waals surface area contributed by atoms with Crippen LogP contribution in [0.3, 0.4) is 0 Å². The standard InChI is InChI=1S/C8H4N2O4S2/c11-7-5(16-8(15)9-7)3-4-1-2-6(14-4)10(12)13/h1-3H,(H,9,11,15)/b5-3-. The van der Waals surface area contributed by atoms with Gasteiger partial charge in [0.2, 0.25) is 0 Å². The van der Waals surface area contributed by atoms with Crippen molar-refractivity contribution in [2.45, 2.75) is 0 Å². The number of nitrogens with zero attached hydrogens (tertiary/aromatic N) is 1. The molecule has 2 heterocycles. The molecule has 0 unspecified atom stereocenters. The third-order valence-electron chi connectivity index (χ3n) is 1.71. The van der Waals surface area contributed by atoms with Crippen molar-refractivity contribution >= 4 is 46.2 Å². The van der Waals surface area contributed by atoms with Crippen LogP contribution in [0.4, 0.5) is 5.88 Å². The van der Waals surface area contributed by atoms with Crippen LogP contribution in [0.2, 0.25) is 0 Å². The van der Waals surface area contributed by atoms with Crippen molar-refractivity contribution in [2.75, 3.05) is 0 Å². The molecule has 0 atom stereocenters. The van der Waals surface area contributed by atoms with E-state index in [9.17, 15) is 14.9 Å². The molecule has 1 amide bonds. The number of furan rings is 1. The number of rotatable bonds is 2. The predicted molar refractivity (Wildman–Crippen MR) is 61.7 cm³/mol. The smallest absolute Gasteiger partial charge is 0.401 e. The van der Waals surface area contributed by atoms with E-state index in [1.807, 2.05) is 0 Å².